The molecule has 0 aliphatic carbocycles. The second kappa shape index (κ2) is 9.08. The minimum Gasteiger partial charge on any atom is -0.494 e. The SMILES string of the molecule is CCOc1ccc(N(CCNC(=O)c2ccccc2Cl)C(C)=O)cc1. The van der Waals surface area contributed by atoms with Crippen molar-refractivity contribution in [3.05, 3.63) is 59.1 Å². The van der Waals surface area contributed by atoms with Gasteiger partial charge in [0, 0.05) is 25.7 Å². The van der Waals surface area contributed by atoms with Gasteiger partial charge in [0.25, 0.3) is 5.91 Å². The van der Waals surface area contributed by atoms with E-state index in [1.807, 2.05) is 31.2 Å². The summed E-state index contributed by atoms with van der Waals surface area (Å²) in [5.74, 6) is 0.388. The van der Waals surface area contributed by atoms with E-state index in [0.717, 1.165) is 11.4 Å². The van der Waals surface area contributed by atoms with E-state index in [1.54, 1.807) is 29.2 Å². The maximum Gasteiger partial charge on any atom is 0.252 e. The second-order valence-corrected chi connectivity index (χ2v) is 5.74. The first-order valence-corrected chi connectivity index (χ1v) is 8.44. The molecule has 0 atom stereocenters. The van der Waals surface area contributed by atoms with E-state index >= 15 is 0 Å². The highest BCUT2D eigenvalue weighted by molar-refractivity contribution is 6.33. The molecular weight excluding hydrogens is 340 g/mol. The maximum atomic E-state index is 12.2. The molecule has 25 heavy (non-hydrogen) atoms. The van der Waals surface area contributed by atoms with Crippen LogP contribution in [0.4, 0.5) is 5.69 Å². The van der Waals surface area contributed by atoms with E-state index in [-0.39, 0.29) is 11.8 Å². The van der Waals surface area contributed by atoms with Crippen molar-refractivity contribution in [2.75, 3.05) is 24.6 Å². The average Bonchev–Trinajstić information content (AvgIpc) is 2.60. The summed E-state index contributed by atoms with van der Waals surface area (Å²) in [6.07, 6.45) is 0. The van der Waals surface area contributed by atoms with Gasteiger partial charge in [-0.25, -0.2) is 0 Å². The molecule has 0 aliphatic rings. The Morgan fingerprint density at radius 3 is 2.40 bits per heavy atom. The van der Waals surface area contributed by atoms with Crippen molar-refractivity contribution < 1.29 is 14.3 Å². The van der Waals surface area contributed by atoms with Crippen molar-refractivity contribution in [2.45, 2.75) is 13.8 Å². The molecule has 0 aliphatic heterocycles. The van der Waals surface area contributed by atoms with Gasteiger partial charge in [0.1, 0.15) is 5.75 Å². The number of amides is 2. The van der Waals surface area contributed by atoms with Crippen molar-refractivity contribution in [3.8, 4) is 5.75 Å². The Bertz CT molecular complexity index is 732. The number of nitrogens with one attached hydrogen (secondary N) is 1. The first kappa shape index (κ1) is 18.8. The fraction of sp³-hybridized carbons (Fsp3) is 0.263. The highest BCUT2D eigenvalue weighted by Gasteiger charge is 2.13. The normalized spacial score (nSPS) is 10.2. The van der Waals surface area contributed by atoms with Crippen LogP contribution in [0.15, 0.2) is 48.5 Å². The van der Waals surface area contributed by atoms with Gasteiger partial charge in [-0.2, -0.15) is 0 Å². The zero-order chi connectivity index (χ0) is 18.2. The molecule has 0 heterocycles. The fourth-order valence-electron chi connectivity index (χ4n) is 2.38. The van der Waals surface area contributed by atoms with Crippen LogP contribution in [0.5, 0.6) is 5.75 Å². The molecule has 6 heteroatoms. The smallest absolute Gasteiger partial charge is 0.252 e. The number of anilines is 1. The van der Waals surface area contributed by atoms with Crippen LogP contribution in [-0.2, 0) is 4.79 Å². The monoisotopic (exact) mass is 360 g/mol. The summed E-state index contributed by atoms with van der Waals surface area (Å²) >= 11 is 6.01. The van der Waals surface area contributed by atoms with Gasteiger partial charge in [-0.3, -0.25) is 9.59 Å². The van der Waals surface area contributed by atoms with E-state index in [2.05, 4.69) is 5.32 Å². The highest BCUT2D eigenvalue weighted by Crippen LogP contribution is 2.19. The fourth-order valence-corrected chi connectivity index (χ4v) is 2.60. The summed E-state index contributed by atoms with van der Waals surface area (Å²) in [7, 11) is 0. The summed E-state index contributed by atoms with van der Waals surface area (Å²) in [6.45, 7) is 4.67. The van der Waals surface area contributed by atoms with Crippen LogP contribution in [0, 0.1) is 0 Å². The van der Waals surface area contributed by atoms with E-state index in [4.69, 9.17) is 16.3 Å². The Morgan fingerprint density at radius 2 is 1.80 bits per heavy atom. The van der Waals surface area contributed by atoms with Gasteiger partial charge in [0.2, 0.25) is 5.91 Å². The lowest BCUT2D eigenvalue weighted by Crippen LogP contribution is -2.37. The first-order chi connectivity index (χ1) is 12.0. The number of rotatable bonds is 7. The quantitative estimate of drug-likeness (QED) is 0.821. The molecule has 0 saturated heterocycles. The molecule has 2 rings (SSSR count). The van der Waals surface area contributed by atoms with Crippen LogP contribution in [0.1, 0.15) is 24.2 Å². The lowest BCUT2D eigenvalue weighted by atomic mass is 10.2. The first-order valence-electron chi connectivity index (χ1n) is 8.06. The Labute approximate surface area is 152 Å². The van der Waals surface area contributed by atoms with Crippen LogP contribution in [0.3, 0.4) is 0 Å². The predicted molar refractivity (Wildman–Crippen MR) is 99.4 cm³/mol. The number of halogens is 1. The average molecular weight is 361 g/mol. The van der Waals surface area contributed by atoms with Gasteiger partial charge >= 0.3 is 0 Å². The summed E-state index contributed by atoms with van der Waals surface area (Å²) in [6, 6.07) is 14.1. The Morgan fingerprint density at radius 1 is 1.12 bits per heavy atom. The third-order valence-electron chi connectivity index (χ3n) is 3.58. The van der Waals surface area contributed by atoms with E-state index < -0.39 is 0 Å². The molecule has 0 unspecified atom stereocenters. The third kappa shape index (κ3) is 5.22. The van der Waals surface area contributed by atoms with Gasteiger partial charge in [-0.15, -0.1) is 0 Å². The van der Waals surface area contributed by atoms with Crippen LogP contribution in [0.25, 0.3) is 0 Å². The van der Waals surface area contributed by atoms with Crippen LogP contribution >= 0.6 is 11.6 Å². The highest BCUT2D eigenvalue weighted by atomic mass is 35.5. The lowest BCUT2D eigenvalue weighted by Gasteiger charge is -2.21. The molecule has 132 valence electrons. The number of carbonyl (C=O) groups excluding carboxylic acids is 2. The van der Waals surface area contributed by atoms with Crippen molar-refractivity contribution in [3.63, 3.8) is 0 Å². The van der Waals surface area contributed by atoms with E-state index in [1.165, 1.54) is 6.92 Å². The predicted octanol–water partition coefficient (Wildman–Crippen LogP) is 3.52. The number of hydrogen-bond donors (Lipinski definition) is 1. The van der Waals surface area contributed by atoms with Gasteiger partial charge in [0.05, 0.1) is 17.2 Å². The van der Waals surface area contributed by atoms with Gasteiger partial charge in [-0.05, 0) is 43.3 Å². The van der Waals surface area contributed by atoms with E-state index in [0.29, 0.717) is 30.3 Å². The van der Waals surface area contributed by atoms with Crippen LogP contribution in [0.2, 0.25) is 5.02 Å². The number of benzene rings is 2. The molecule has 0 spiro atoms. The largest absolute Gasteiger partial charge is 0.494 e. The lowest BCUT2D eigenvalue weighted by molar-refractivity contribution is -0.116. The zero-order valence-corrected chi connectivity index (χ0v) is 15.0. The Balaban J connectivity index is 1.97. The van der Waals surface area contributed by atoms with Gasteiger partial charge in [-0.1, -0.05) is 23.7 Å². The summed E-state index contributed by atoms with van der Waals surface area (Å²) in [4.78, 5) is 25.7. The molecule has 5 nitrogen and oxygen atoms in total. The second-order valence-electron chi connectivity index (χ2n) is 5.33. The minimum absolute atomic E-state index is 0.101. The van der Waals surface area contributed by atoms with Crippen molar-refractivity contribution >= 4 is 29.1 Å². The molecule has 0 fully saturated rings. The molecule has 2 aromatic carbocycles. The molecule has 0 radical (unpaired) electrons. The molecule has 2 amide bonds. The van der Waals surface area contributed by atoms with Crippen molar-refractivity contribution in [1.29, 1.82) is 0 Å². The van der Waals surface area contributed by atoms with Crippen molar-refractivity contribution in [2.24, 2.45) is 0 Å². The van der Waals surface area contributed by atoms with Gasteiger partial charge < -0.3 is 15.0 Å². The number of nitrogens with zero attached hydrogens (tertiary/aromatic N) is 1. The Hall–Kier alpha value is -2.53. The van der Waals surface area contributed by atoms with Crippen LogP contribution in [-0.4, -0.2) is 31.5 Å². The molecule has 0 saturated carbocycles. The molecule has 0 aromatic heterocycles. The Kier molecular flexibility index (Phi) is 6.83. The molecule has 2 aromatic rings. The number of hydrogen-bond acceptors (Lipinski definition) is 3. The topological polar surface area (TPSA) is 58.6 Å². The summed E-state index contributed by atoms with van der Waals surface area (Å²) in [5, 5.41) is 3.18. The summed E-state index contributed by atoms with van der Waals surface area (Å²) in [5.41, 5.74) is 1.17. The third-order valence-corrected chi connectivity index (χ3v) is 3.91. The van der Waals surface area contributed by atoms with Crippen molar-refractivity contribution in [1.82, 2.24) is 5.32 Å². The van der Waals surface area contributed by atoms with E-state index in [9.17, 15) is 9.59 Å². The maximum absolute atomic E-state index is 12.2. The van der Waals surface area contributed by atoms with Gasteiger partial charge in [0.15, 0.2) is 0 Å². The molecule has 0 bridgehead atoms. The molecular formula is C19H21ClN2O3. The zero-order valence-electron chi connectivity index (χ0n) is 14.3. The number of carbonyl (C=O) groups is 2. The van der Waals surface area contributed by atoms with Crippen LogP contribution < -0.4 is 15.0 Å². The standard InChI is InChI=1S/C19H21ClN2O3/c1-3-25-16-10-8-15(9-11-16)22(14(2)23)13-12-21-19(24)17-6-4-5-7-18(17)20/h4-11H,3,12-13H2,1-2H3,(H,21,24). The summed E-state index contributed by atoms with van der Waals surface area (Å²) < 4.78 is 5.40. The number of ether oxygens (including phenoxy) is 1. The minimum atomic E-state index is -0.263. The molecule has 1 N–H and O–H groups in total.